The number of carbonyl (C=O) groups is 1. The highest BCUT2D eigenvalue weighted by Gasteiger charge is 2.30. The van der Waals surface area contributed by atoms with Crippen LogP contribution in [0.3, 0.4) is 0 Å². The van der Waals surface area contributed by atoms with E-state index in [2.05, 4.69) is 4.98 Å². The van der Waals surface area contributed by atoms with Gasteiger partial charge in [0.15, 0.2) is 6.61 Å². The minimum atomic E-state index is -4.35. The topological polar surface area (TPSA) is 48.4 Å². The van der Waals surface area contributed by atoms with Crippen molar-refractivity contribution in [2.45, 2.75) is 39.8 Å². The second-order valence-corrected chi connectivity index (χ2v) is 8.38. The summed E-state index contributed by atoms with van der Waals surface area (Å²) < 4.78 is 48.7. The van der Waals surface area contributed by atoms with Gasteiger partial charge in [0.2, 0.25) is 0 Å². The number of hydrogen-bond donors (Lipinski definition) is 0. The second kappa shape index (κ2) is 10.2. The SMILES string of the molecule is CCOC(=O)COc1ccc(CCc2sc(-c3ccc(C(F)(F)F)cc3)nc2C)cc1C. The van der Waals surface area contributed by atoms with Crippen molar-refractivity contribution in [1.29, 1.82) is 0 Å². The first-order valence-corrected chi connectivity index (χ1v) is 11.0. The van der Waals surface area contributed by atoms with E-state index in [-0.39, 0.29) is 6.61 Å². The minimum absolute atomic E-state index is 0.124. The summed E-state index contributed by atoms with van der Waals surface area (Å²) in [4.78, 5) is 17.1. The summed E-state index contributed by atoms with van der Waals surface area (Å²) in [6, 6.07) is 10.9. The zero-order valence-corrected chi connectivity index (χ0v) is 18.9. The average Bonchev–Trinajstić information content (AvgIpc) is 3.12. The number of halogens is 3. The van der Waals surface area contributed by atoms with Gasteiger partial charge in [0, 0.05) is 10.4 Å². The van der Waals surface area contributed by atoms with Gasteiger partial charge >= 0.3 is 12.1 Å². The molecular weight excluding hydrogens is 439 g/mol. The highest BCUT2D eigenvalue weighted by Crippen LogP contribution is 2.33. The minimum Gasteiger partial charge on any atom is -0.482 e. The van der Waals surface area contributed by atoms with Crippen molar-refractivity contribution in [3.05, 3.63) is 69.7 Å². The van der Waals surface area contributed by atoms with E-state index in [0.29, 0.717) is 22.9 Å². The number of esters is 1. The van der Waals surface area contributed by atoms with Crippen LogP contribution >= 0.6 is 11.3 Å². The number of nitrogens with zero attached hydrogens (tertiary/aromatic N) is 1. The first-order chi connectivity index (χ1) is 15.2. The van der Waals surface area contributed by atoms with Crippen LogP contribution in [0.1, 0.15) is 34.2 Å². The number of ether oxygens (including phenoxy) is 2. The number of rotatable bonds is 8. The smallest absolute Gasteiger partial charge is 0.416 e. The Labute approximate surface area is 189 Å². The molecule has 0 aliphatic carbocycles. The summed E-state index contributed by atoms with van der Waals surface area (Å²) >= 11 is 1.50. The average molecular weight is 464 g/mol. The third-order valence-corrected chi connectivity index (χ3v) is 6.15. The molecule has 2 aromatic carbocycles. The van der Waals surface area contributed by atoms with Gasteiger partial charge in [0.1, 0.15) is 10.8 Å². The lowest BCUT2D eigenvalue weighted by molar-refractivity contribution is -0.145. The standard InChI is InChI=1S/C24H24F3NO3S/c1-4-30-22(29)14-31-20-11-5-17(13-15(20)2)6-12-21-16(3)28-23(32-21)18-7-9-19(10-8-18)24(25,26)27/h5,7-11,13H,4,6,12,14H2,1-3H3. The van der Waals surface area contributed by atoms with Gasteiger partial charge in [-0.3, -0.25) is 0 Å². The summed E-state index contributed by atoms with van der Waals surface area (Å²) in [5.41, 5.74) is 2.94. The summed E-state index contributed by atoms with van der Waals surface area (Å²) in [6.45, 7) is 5.77. The van der Waals surface area contributed by atoms with Crippen LogP contribution in [0.2, 0.25) is 0 Å². The van der Waals surface area contributed by atoms with E-state index in [4.69, 9.17) is 9.47 Å². The fourth-order valence-electron chi connectivity index (χ4n) is 3.21. The molecule has 0 bridgehead atoms. The van der Waals surface area contributed by atoms with Crippen LogP contribution in [0.4, 0.5) is 13.2 Å². The molecule has 0 fully saturated rings. The Morgan fingerprint density at radius 1 is 1.06 bits per heavy atom. The number of aromatic nitrogens is 1. The van der Waals surface area contributed by atoms with Crippen molar-refractivity contribution in [2.24, 2.45) is 0 Å². The molecule has 0 aliphatic heterocycles. The monoisotopic (exact) mass is 463 g/mol. The van der Waals surface area contributed by atoms with Gasteiger partial charge in [0.25, 0.3) is 0 Å². The molecule has 1 aromatic heterocycles. The number of aryl methyl sites for hydroxylation is 4. The van der Waals surface area contributed by atoms with Gasteiger partial charge in [-0.25, -0.2) is 9.78 Å². The predicted octanol–water partition coefficient (Wildman–Crippen LogP) is 6.17. The lowest BCUT2D eigenvalue weighted by atomic mass is 10.1. The zero-order valence-electron chi connectivity index (χ0n) is 18.1. The Hall–Kier alpha value is -2.87. The van der Waals surface area contributed by atoms with Crippen LogP contribution in [-0.4, -0.2) is 24.2 Å². The maximum Gasteiger partial charge on any atom is 0.416 e. The Balaban J connectivity index is 1.63. The fourth-order valence-corrected chi connectivity index (χ4v) is 4.28. The third-order valence-electron chi connectivity index (χ3n) is 4.88. The molecule has 0 atom stereocenters. The van der Waals surface area contributed by atoms with E-state index in [9.17, 15) is 18.0 Å². The van der Waals surface area contributed by atoms with E-state index in [0.717, 1.165) is 46.7 Å². The first kappa shape index (κ1) is 23.8. The molecule has 0 amide bonds. The van der Waals surface area contributed by atoms with Gasteiger partial charge in [-0.1, -0.05) is 24.3 Å². The molecular formula is C24H24F3NO3S. The molecule has 1 heterocycles. The molecule has 4 nitrogen and oxygen atoms in total. The molecule has 0 aliphatic rings. The van der Waals surface area contributed by atoms with Crippen LogP contribution in [0.15, 0.2) is 42.5 Å². The van der Waals surface area contributed by atoms with Crippen molar-refractivity contribution < 1.29 is 27.4 Å². The van der Waals surface area contributed by atoms with Crippen molar-refractivity contribution in [1.82, 2.24) is 4.98 Å². The van der Waals surface area contributed by atoms with E-state index in [1.807, 2.05) is 32.0 Å². The van der Waals surface area contributed by atoms with Crippen LogP contribution in [0.25, 0.3) is 10.6 Å². The summed E-state index contributed by atoms with van der Waals surface area (Å²) in [5, 5.41) is 0.713. The van der Waals surface area contributed by atoms with Gasteiger partial charge in [-0.2, -0.15) is 13.2 Å². The maximum atomic E-state index is 12.8. The molecule has 0 spiro atoms. The van der Waals surface area contributed by atoms with E-state index in [1.165, 1.54) is 23.5 Å². The molecule has 170 valence electrons. The van der Waals surface area contributed by atoms with E-state index >= 15 is 0 Å². The number of alkyl halides is 3. The molecule has 0 N–H and O–H groups in total. The number of thiazole rings is 1. The first-order valence-electron chi connectivity index (χ1n) is 10.2. The van der Waals surface area contributed by atoms with E-state index < -0.39 is 17.7 Å². The number of carbonyl (C=O) groups excluding carboxylic acids is 1. The molecule has 3 aromatic rings. The molecule has 3 rings (SSSR count). The molecule has 8 heteroatoms. The molecule has 0 saturated heterocycles. The largest absolute Gasteiger partial charge is 0.482 e. The van der Waals surface area contributed by atoms with Crippen LogP contribution in [0.5, 0.6) is 5.75 Å². The molecule has 0 saturated carbocycles. The molecule has 0 unspecified atom stereocenters. The van der Waals surface area contributed by atoms with Crippen molar-refractivity contribution >= 4 is 17.3 Å². The van der Waals surface area contributed by atoms with Crippen LogP contribution in [-0.2, 0) is 28.5 Å². The predicted molar refractivity (Wildman–Crippen MR) is 118 cm³/mol. The molecule has 0 radical (unpaired) electrons. The fraction of sp³-hybridized carbons (Fsp3) is 0.333. The number of benzene rings is 2. The summed E-state index contributed by atoms with van der Waals surface area (Å²) in [5.74, 6) is 0.237. The normalized spacial score (nSPS) is 11.4. The van der Waals surface area contributed by atoms with Gasteiger partial charge in [0.05, 0.1) is 17.9 Å². The summed E-state index contributed by atoms with van der Waals surface area (Å²) in [7, 11) is 0. The third kappa shape index (κ3) is 6.09. The van der Waals surface area contributed by atoms with Gasteiger partial charge in [-0.15, -0.1) is 11.3 Å². The van der Waals surface area contributed by atoms with Crippen LogP contribution < -0.4 is 4.74 Å². The lowest BCUT2D eigenvalue weighted by Crippen LogP contribution is -2.15. The second-order valence-electron chi connectivity index (χ2n) is 7.30. The summed E-state index contributed by atoms with van der Waals surface area (Å²) in [6.07, 6.45) is -2.79. The highest BCUT2D eigenvalue weighted by atomic mass is 32.1. The Morgan fingerprint density at radius 2 is 1.78 bits per heavy atom. The quantitative estimate of drug-likeness (QED) is 0.375. The molecule has 32 heavy (non-hydrogen) atoms. The van der Waals surface area contributed by atoms with Crippen molar-refractivity contribution in [3.63, 3.8) is 0 Å². The Bertz CT molecular complexity index is 1080. The Kier molecular flexibility index (Phi) is 7.56. The van der Waals surface area contributed by atoms with Crippen molar-refractivity contribution in [2.75, 3.05) is 13.2 Å². The highest BCUT2D eigenvalue weighted by molar-refractivity contribution is 7.15. The van der Waals surface area contributed by atoms with Gasteiger partial charge < -0.3 is 9.47 Å². The number of hydrogen-bond acceptors (Lipinski definition) is 5. The van der Waals surface area contributed by atoms with Crippen molar-refractivity contribution in [3.8, 4) is 16.3 Å². The van der Waals surface area contributed by atoms with Gasteiger partial charge in [-0.05, 0) is 62.9 Å². The Morgan fingerprint density at radius 3 is 2.41 bits per heavy atom. The van der Waals surface area contributed by atoms with E-state index in [1.54, 1.807) is 6.92 Å². The maximum absolute atomic E-state index is 12.8. The van der Waals surface area contributed by atoms with Crippen LogP contribution in [0, 0.1) is 13.8 Å². The zero-order chi connectivity index (χ0) is 23.3. The lowest BCUT2D eigenvalue weighted by Gasteiger charge is -2.10.